The van der Waals surface area contributed by atoms with E-state index in [-0.39, 0.29) is 16.1 Å². The van der Waals surface area contributed by atoms with E-state index in [4.69, 9.17) is 17.2 Å². The van der Waals surface area contributed by atoms with Gasteiger partial charge in [-0.2, -0.15) is 0 Å². The zero-order chi connectivity index (χ0) is 14.2. The van der Waals surface area contributed by atoms with Crippen LogP contribution >= 0.6 is 11.3 Å². The van der Waals surface area contributed by atoms with Crippen LogP contribution in [0, 0.1) is 5.92 Å². The molecule has 19 heavy (non-hydrogen) atoms. The summed E-state index contributed by atoms with van der Waals surface area (Å²) in [5, 5.41) is 0.672. The number of nitrogens with two attached hydrogens (primary N) is 3. The van der Waals surface area contributed by atoms with Crippen molar-refractivity contribution in [3.8, 4) is 0 Å². The fourth-order valence-corrected chi connectivity index (χ4v) is 3.56. The Hall–Kier alpha value is -1.76. The maximum absolute atomic E-state index is 11.6. The molecule has 2 amide bonds. The molecule has 0 radical (unpaired) electrons. The molecule has 2 rings (SSSR count). The first-order valence-electron chi connectivity index (χ1n) is 6.18. The van der Waals surface area contributed by atoms with E-state index in [0.717, 1.165) is 37.3 Å². The van der Waals surface area contributed by atoms with E-state index >= 15 is 0 Å². The number of nitrogen functional groups attached to an aromatic ring is 1. The Balaban J connectivity index is 2.46. The molecule has 104 valence electrons. The predicted octanol–water partition coefficient (Wildman–Crippen LogP) is 0.764. The van der Waals surface area contributed by atoms with Crippen LogP contribution < -0.4 is 22.1 Å². The number of thiophene rings is 1. The molecule has 1 unspecified atom stereocenters. The molecule has 6 N–H and O–H groups in total. The number of piperidine rings is 1. The average Bonchev–Trinajstić information content (AvgIpc) is 2.67. The highest BCUT2D eigenvalue weighted by Gasteiger charge is 2.28. The molecule has 1 aromatic heterocycles. The second-order valence-corrected chi connectivity index (χ2v) is 5.95. The molecule has 0 aliphatic carbocycles. The Kier molecular flexibility index (Phi) is 3.66. The molecule has 1 saturated heterocycles. The molecule has 0 bridgehead atoms. The second-order valence-electron chi connectivity index (χ2n) is 4.95. The van der Waals surface area contributed by atoms with E-state index in [1.54, 1.807) is 0 Å². The third-order valence-electron chi connectivity index (χ3n) is 3.34. The van der Waals surface area contributed by atoms with Gasteiger partial charge < -0.3 is 22.1 Å². The molecule has 7 heteroatoms. The van der Waals surface area contributed by atoms with Gasteiger partial charge in [-0.15, -0.1) is 11.3 Å². The number of anilines is 2. The van der Waals surface area contributed by atoms with Crippen molar-refractivity contribution in [2.75, 3.05) is 23.7 Å². The molecule has 1 aliphatic rings. The maximum Gasteiger partial charge on any atom is 0.260 e. The standard InChI is InChI=1S/C12H18N4O2S/c1-6-3-2-4-16(5-6)12-7(10(14)17)8(13)9(19-12)11(15)18/h6H,2-5,13H2,1H3,(H2,14,17)(H2,15,18). The van der Waals surface area contributed by atoms with Gasteiger partial charge in [0, 0.05) is 13.1 Å². The van der Waals surface area contributed by atoms with Gasteiger partial charge in [-0.1, -0.05) is 6.92 Å². The third kappa shape index (κ3) is 2.51. The Morgan fingerprint density at radius 3 is 2.53 bits per heavy atom. The lowest BCUT2D eigenvalue weighted by Gasteiger charge is -2.32. The van der Waals surface area contributed by atoms with E-state index in [0.29, 0.717) is 10.9 Å². The number of nitrogens with zero attached hydrogens (tertiary/aromatic N) is 1. The van der Waals surface area contributed by atoms with Gasteiger partial charge in [0.05, 0.1) is 11.3 Å². The number of rotatable bonds is 3. The smallest absolute Gasteiger partial charge is 0.260 e. The Morgan fingerprint density at radius 1 is 1.32 bits per heavy atom. The first-order valence-corrected chi connectivity index (χ1v) is 7.00. The molecule has 0 aromatic carbocycles. The van der Waals surface area contributed by atoms with Crippen molar-refractivity contribution < 1.29 is 9.59 Å². The van der Waals surface area contributed by atoms with Gasteiger partial charge in [0.2, 0.25) is 0 Å². The van der Waals surface area contributed by atoms with Crippen LogP contribution in [0.3, 0.4) is 0 Å². The number of amides is 2. The molecule has 1 aromatic rings. The summed E-state index contributed by atoms with van der Waals surface area (Å²) in [5.41, 5.74) is 16.8. The monoisotopic (exact) mass is 282 g/mol. The van der Waals surface area contributed by atoms with Gasteiger partial charge in [0.15, 0.2) is 0 Å². The highest BCUT2D eigenvalue weighted by molar-refractivity contribution is 7.19. The van der Waals surface area contributed by atoms with E-state index in [1.807, 2.05) is 0 Å². The number of carbonyl (C=O) groups is 2. The average molecular weight is 282 g/mol. The van der Waals surface area contributed by atoms with Crippen molar-refractivity contribution in [3.63, 3.8) is 0 Å². The van der Waals surface area contributed by atoms with Crippen LogP contribution in [0.2, 0.25) is 0 Å². The van der Waals surface area contributed by atoms with Crippen LogP contribution in [0.5, 0.6) is 0 Å². The zero-order valence-corrected chi connectivity index (χ0v) is 11.6. The third-order valence-corrected chi connectivity index (χ3v) is 4.62. The number of primary amides is 2. The van der Waals surface area contributed by atoms with Gasteiger partial charge in [0.25, 0.3) is 11.8 Å². The van der Waals surface area contributed by atoms with Crippen LogP contribution in [-0.4, -0.2) is 24.9 Å². The number of hydrogen-bond acceptors (Lipinski definition) is 5. The Morgan fingerprint density at radius 2 is 2.00 bits per heavy atom. The fraction of sp³-hybridized carbons (Fsp3) is 0.500. The van der Waals surface area contributed by atoms with E-state index < -0.39 is 11.8 Å². The molecule has 1 aliphatic heterocycles. The van der Waals surface area contributed by atoms with Gasteiger partial charge in [0.1, 0.15) is 9.88 Å². The summed E-state index contributed by atoms with van der Waals surface area (Å²) < 4.78 is 0. The van der Waals surface area contributed by atoms with Crippen molar-refractivity contribution in [3.05, 3.63) is 10.4 Å². The van der Waals surface area contributed by atoms with Crippen LogP contribution in [-0.2, 0) is 0 Å². The highest BCUT2D eigenvalue weighted by atomic mass is 32.1. The summed E-state index contributed by atoms with van der Waals surface area (Å²) in [5.74, 6) is -0.703. The predicted molar refractivity (Wildman–Crippen MR) is 76.4 cm³/mol. The largest absolute Gasteiger partial charge is 0.397 e. The van der Waals surface area contributed by atoms with Crippen LogP contribution in [0.15, 0.2) is 0 Å². The lowest BCUT2D eigenvalue weighted by atomic mass is 10.0. The molecule has 6 nitrogen and oxygen atoms in total. The second kappa shape index (κ2) is 5.08. The van der Waals surface area contributed by atoms with Crippen molar-refractivity contribution in [2.24, 2.45) is 17.4 Å². The molecular weight excluding hydrogens is 264 g/mol. The van der Waals surface area contributed by atoms with E-state index in [2.05, 4.69) is 11.8 Å². The lowest BCUT2D eigenvalue weighted by molar-refractivity contribution is 0.0999. The SMILES string of the molecule is CC1CCCN(c2sc(C(N)=O)c(N)c2C(N)=O)C1. The molecule has 0 saturated carbocycles. The van der Waals surface area contributed by atoms with Gasteiger partial charge in [-0.05, 0) is 18.8 Å². The fourth-order valence-electron chi connectivity index (χ4n) is 2.45. The quantitative estimate of drug-likeness (QED) is 0.759. The number of hydrogen-bond donors (Lipinski definition) is 3. The van der Waals surface area contributed by atoms with Crippen LogP contribution in [0.1, 0.15) is 39.8 Å². The highest BCUT2D eigenvalue weighted by Crippen LogP contribution is 2.39. The minimum absolute atomic E-state index is 0.109. The van der Waals surface area contributed by atoms with E-state index in [9.17, 15) is 9.59 Å². The van der Waals surface area contributed by atoms with Gasteiger partial charge >= 0.3 is 0 Å². The first kappa shape index (κ1) is 13.7. The van der Waals surface area contributed by atoms with Gasteiger partial charge in [-0.3, -0.25) is 9.59 Å². The minimum atomic E-state index is -0.624. The summed E-state index contributed by atoms with van der Waals surface area (Å²) in [7, 11) is 0. The van der Waals surface area contributed by atoms with Crippen molar-refractivity contribution >= 4 is 33.8 Å². The van der Waals surface area contributed by atoms with Crippen LogP contribution in [0.4, 0.5) is 10.7 Å². The minimum Gasteiger partial charge on any atom is -0.397 e. The molecule has 1 fully saturated rings. The zero-order valence-electron chi connectivity index (χ0n) is 10.8. The summed E-state index contributed by atoms with van der Waals surface area (Å²) in [6, 6.07) is 0. The first-order chi connectivity index (χ1) is 8.91. The molecule has 1 atom stereocenters. The van der Waals surface area contributed by atoms with Gasteiger partial charge in [-0.25, -0.2) is 0 Å². The topological polar surface area (TPSA) is 115 Å². The molecular formula is C12H18N4O2S. The summed E-state index contributed by atoms with van der Waals surface area (Å²) >= 11 is 1.16. The summed E-state index contributed by atoms with van der Waals surface area (Å²) in [6.07, 6.45) is 2.20. The normalized spacial score (nSPS) is 19.4. The summed E-state index contributed by atoms with van der Waals surface area (Å²) in [6.45, 7) is 3.82. The maximum atomic E-state index is 11.6. The van der Waals surface area contributed by atoms with E-state index in [1.165, 1.54) is 0 Å². The van der Waals surface area contributed by atoms with Crippen molar-refractivity contribution in [1.29, 1.82) is 0 Å². The number of carbonyl (C=O) groups excluding carboxylic acids is 2. The lowest BCUT2D eigenvalue weighted by Crippen LogP contribution is -2.35. The van der Waals surface area contributed by atoms with Crippen LogP contribution in [0.25, 0.3) is 0 Å². The summed E-state index contributed by atoms with van der Waals surface area (Å²) in [4.78, 5) is 25.2. The van der Waals surface area contributed by atoms with Crippen molar-refractivity contribution in [1.82, 2.24) is 0 Å². The molecule has 0 spiro atoms. The Labute approximate surface area is 115 Å². The molecule has 2 heterocycles. The Bertz CT molecular complexity index is 526. The van der Waals surface area contributed by atoms with Crippen molar-refractivity contribution in [2.45, 2.75) is 19.8 Å².